The Hall–Kier alpha value is -4.22. The number of aryl methyl sites for hydroxylation is 1. The molecule has 0 bridgehead atoms. The maximum atomic E-state index is 13.2. The van der Waals surface area contributed by atoms with Crippen molar-refractivity contribution in [3.63, 3.8) is 0 Å². The van der Waals surface area contributed by atoms with Crippen LogP contribution in [0.1, 0.15) is 22.3 Å². The number of aromatic nitrogens is 1. The van der Waals surface area contributed by atoms with E-state index in [2.05, 4.69) is 4.98 Å². The highest BCUT2D eigenvalue weighted by atomic mass is 35.5. The fourth-order valence-corrected chi connectivity index (χ4v) is 4.78. The van der Waals surface area contributed by atoms with Crippen LogP contribution in [-0.2, 0) is 16.0 Å². The molecule has 4 aromatic rings. The summed E-state index contributed by atoms with van der Waals surface area (Å²) in [6.07, 6.45) is 5.28. The van der Waals surface area contributed by atoms with Crippen LogP contribution in [0, 0.1) is 6.92 Å². The molecule has 3 aromatic carbocycles. The Morgan fingerprint density at radius 1 is 0.944 bits per heavy atom. The van der Waals surface area contributed by atoms with E-state index in [1.807, 2.05) is 79.7 Å². The Balaban J connectivity index is 1.56. The summed E-state index contributed by atoms with van der Waals surface area (Å²) in [5.74, 6) is -1.02. The fourth-order valence-electron chi connectivity index (χ4n) is 4.51. The third kappa shape index (κ3) is 4.41. The zero-order chi connectivity index (χ0) is 25.4. The van der Waals surface area contributed by atoms with Crippen LogP contribution in [0.2, 0.25) is 5.02 Å². The highest BCUT2D eigenvalue weighted by molar-refractivity contribution is 6.38. The maximum Gasteiger partial charge on any atom is 0.307 e. The van der Waals surface area contributed by atoms with Crippen molar-refractivity contribution < 1.29 is 14.7 Å². The number of hydrogen-bond acceptors (Lipinski definition) is 3. The first kappa shape index (κ1) is 23.5. The lowest BCUT2D eigenvalue weighted by molar-refractivity contribution is -0.136. The summed E-state index contributed by atoms with van der Waals surface area (Å²) in [5, 5.41) is 9.79. The molecule has 0 spiro atoms. The topological polar surface area (TPSA) is 70.5 Å². The largest absolute Gasteiger partial charge is 0.481 e. The number of benzene rings is 3. The number of hydrogen-bond donors (Lipinski definition) is 1. The summed E-state index contributed by atoms with van der Waals surface area (Å²) in [4.78, 5) is 30.1. The SMILES string of the molecule is Cc1ccc(/C=C2\C(=O)N(C)c3cc(Cl)c(-c4ccc(-c5ccncc5)cc4)cc32)cc1CC(=O)O. The summed E-state index contributed by atoms with van der Waals surface area (Å²) >= 11 is 6.69. The van der Waals surface area contributed by atoms with Crippen molar-refractivity contribution in [1.29, 1.82) is 0 Å². The highest BCUT2D eigenvalue weighted by Gasteiger charge is 2.31. The third-order valence-electron chi connectivity index (χ3n) is 6.51. The average molecular weight is 495 g/mol. The van der Waals surface area contributed by atoms with Gasteiger partial charge in [0.25, 0.3) is 5.91 Å². The number of fused-ring (bicyclic) bond motifs is 1. The smallest absolute Gasteiger partial charge is 0.307 e. The summed E-state index contributed by atoms with van der Waals surface area (Å²) in [5.41, 5.74) is 8.42. The number of amides is 1. The Kier molecular flexibility index (Phi) is 6.17. The molecule has 36 heavy (non-hydrogen) atoms. The molecule has 2 heterocycles. The molecule has 0 aliphatic carbocycles. The third-order valence-corrected chi connectivity index (χ3v) is 6.82. The molecule has 5 rings (SSSR count). The molecule has 0 atom stereocenters. The summed E-state index contributed by atoms with van der Waals surface area (Å²) < 4.78 is 0. The van der Waals surface area contributed by atoms with Crippen molar-refractivity contribution in [2.45, 2.75) is 13.3 Å². The molecular weight excluding hydrogens is 472 g/mol. The first-order valence-electron chi connectivity index (χ1n) is 11.5. The number of halogens is 1. The van der Waals surface area contributed by atoms with Gasteiger partial charge in [0, 0.05) is 36.1 Å². The number of carbonyl (C=O) groups is 2. The van der Waals surface area contributed by atoms with E-state index in [0.29, 0.717) is 10.6 Å². The van der Waals surface area contributed by atoms with Crippen molar-refractivity contribution in [2.75, 3.05) is 11.9 Å². The second-order valence-electron chi connectivity index (χ2n) is 8.84. The predicted octanol–water partition coefficient (Wildman–Crippen LogP) is 6.52. The van der Waals surface area contributed by atoms with Crippen molar-refractivity contribution in [3.05, 3.63) is 106 Å². The van der Waals surface area contributed by atoms with Crippen LogP contribution in [0.25, 0.3) is 33.9 Å². The number of nitrogens with zero attached hydrogens (tertiary/aromatic N) is 2. The number of carboxylic acid groups (broad SMARTS) is 1. The monoisotopic (exact) mass is 494 g/mol. The molecule has 1 aliphatic rings. The minimum absolute atomic E-state index is 0.0669. The van der Waals surface area contributed by atoms with Crippen molar-refractivity contribution in [2.24, 2.45) is 0 Å². The average Bonchev–Trinajstić information content (AvgIpc) is 3.10. The number of carboxylic acids is 1. The van der Waals surface area contributed by atoms with Crippen molar-refractivity contribution in [3.8, 4) is 22.3 Å². The summed E-state index contributed by atoms with van der Waals surface area (Å²) in [6, 6.07) is 21.4. The van der Waals surface area contributed by atoms with Gasteiger partial charge in [-0.05, 0) is 70.6 Å². The molecule has 6 heteroatoms. The van der Waals surface area contributed by atoms with Gasteiger partial charge in [0.15, 0.2) is 0 Å². The van der Waals surface area contributed by atoms with E-state index in [-0.39, 0.29) is 12.3 Å². The Morgan fingerprint density at radius 2 is 1.61 bits per heavy atom. The normalized spacial score (nSPS) is 13.8. The number of rotatable bonds is 5. The van der Waals surface area contributed by atoms with E-state index >= 15 is 0 Å². The predicted molar refractivity (Wildman–Crippen MR) is 144 cm³/mol. The molecule has 1 aromatic heterocycles. The molecule has 178 valence electrons. The zero-order valence-corrected chi connectivity index (χ0v) is 20.6. The molecule has 0 radical (unpaired) electrons. The first-order valence-corrected chi connectivity index (χ1v) is 11.9. The Morgan fingerprint density at radius 3 is 2.31 bits per heavy atom. The van der Waals surface area contributed by atoms with Gasteiger partial charge in [-0.15, -0.1) is 0 Å². The first-order chi connectivity index (χ1) is 17.3. The molecule has 0 saturated heterocycles. The van der Waals surface area contributed by atoms with Gasteiger partial charge in [-0.3, -0.25) is 14.6 Å². The number of aliphatic carboxylic acids is 1. The minimum atomic E-state index is -0.890. The summed E-state index contributed by atoms with van der Waals surface area (Å²) in [6.45, 7) is 1.88. The lowest BCUT2D eigenvalue weighted by Crippen LogP contribution is -2.20. The van der Waals surface area contributed by atoms with Crippen LogP contribution in [-0.4, -0.2) is 29.0 Å². The van der Waals surface area contributed by atoms with Gasteiger partial charge in [0.1, 0.15) is 0 Å². The Bertz CT molecular complexity index is 1530. The number of pyridine rings is 1. The van der Waals surface area contributed by atoms with Crippen LogP contribution in [0.15, 0.2) is 79.1 Å². The number of likely N-dealkylation sites (N-methyl/N-ethyl adjacent to an activating group) is 1. The highest BCUT2D eigenvalue weighted by Crippen LogP contribution is 2.43. The molecule has 0 saturated carbocycles. The van der Waals surface area contributed by atoms with Crippen LogP contribution in [0.3, 0.4) is 0 Å². The van der Waals surface area contributed by atoms with Crippen molar-refractivity contribution in [1.82, 2.24) is 4.98 Å². The van der Waals surface area contributed by atoms with E-state index in [0.717, 1.165) is 50.2 Å². The van der Waals surface area contributed by atoms with Crippen LogP contribution in [0.4, 0.5) is 5.69 Å². The number of carbonyl (C=O) groups excluding carboxylic acids is 1. The minimum Gasteiger partial charge on any atom is -0.481 e. The molecule has 1 aliphatic heterocycles. The quantitative estimate of drug-likeness (QED) is 0.320. The van der Waals surface area contributed by atoms with Gasteiger partial charge in [-0.1, -0.05) is 54.1 Å². The standard InChI is InChI=1S/C30H23ClN2O3/c1-18-3-4-19(13-23(18)15-29(34)35)14-26-25-16-24(27(31)17-28(25)33(2)30(26)36)22-7-5-20(6-8-22)21-9-11-32-12-10-21/h3-14,16-17H,15H2,1-2H3,(H,34,35)/b26-14-. The second kappa shape index (κ2) is 9.44. The van der Waals surface area contributed by atoms with E-state index in [4.69, 9.17) is 11.6 Å². The Labute approximate surface area is 214 Å². The van der Waals surface area contributed by atoms with Crippen LogP contribution >= 0.6 is 11.6 Å². The molecule has 1 amide bonds. The lowest BCUT2D eigenvalue weighted by Gasteiger charge is -2.12. The fraction of sp³-hybridized carbons (Fsp3) is 0.100. The van der Waals surface area contributed by atoms with E-state index in [1.54, 1.807) is 24.3 Å². The van der Waals surface area contributed by atoms with Gasteiger partial charge in [0.2, 0.25) is 0 Å². The lowest BCUT2D eigenvalue weighted by atomic mass is 9.96. The van der Waals surface area contributed by atoms with Crippen LogP contribution < -0.4 is 4.90 Å². The maximum absolute atomic E-state index is 13.2. The van der Waals surface area contributed by atoms with Gasteiger partial charge >= 0.3 is 5.97 Å². The summed E-state index contributed by atoms with van der Waals surface area (Å²) in [7, 11) is 1.73. The van der Waals surface area contributed by atoms with Crippen molar-refractivity contribution >= 4 is 40.8 Å². The molecule has 1 N–H and O–H groups in total. The second-order valence-corrected chi connectivity index (χ2v) is 9.25. The van der Waals surface area contributed by atoms with Gasteiger partial charge in [0.05, 0.1) is 17.1 Å². The molecule has 0 fully saturated rings. The molecule has 5 nitrogen and oxygen atoms in total. The van der Waals surface area contributed by atoms with Gasteiger partial charge in [-0.2, -0.15) is 0 Å². The van der Waals surface area contributed by atoms with E-state index in [1.165, 1.54) is 0 Å². The van der Waals surface area contributed by atoms with E-state index < -0.39 is 5.97 Å². The zero-order valence-electron chi connectivity index (χ0n) is 19.8. The van der Waals surface area contributed by atoms with Gasteiger partial charge < -0.3 is 10.0 Å². The molecular formula is C30H23ClN2O3. The van der Waals surface area contributed by atoms with E-state index in [9.17, 15) is 14.7 Å². The molecule has 0 unspecified atom stereocenters. The number of anilines is 1. The van der Waals surface area contributed by atoms with Gasteiger partial charge in [-0.25, -0.2) is 0 Å². The van der Waals surface area contributed by atoms with Crippen LogP contribution in [0.5, 0.6) is 0 Å².